The Hall–Kier alpha value is -1.54. The molecule has 88 valence electrons. The number of aromatic nitrogens is 1. The Bertz CT molecular complexity index is 494. The smallest absolute Gasteiger partial charge is 0.152 e. The van der Waals surface area contributed by atoms with E-state index in [4.69, 9.17) is 11.6 Å². The lowest BCUT2D eigenvalue weighted by molar-refractivity contribution is 0.882. The topological polar surface area (TPSA) is 24.9 Å². The van der Waals surface area contributed by atoms with Crippen LogP contribution in [0.3, 0.4) is 0 Å². The maximum absolute atomic E-state index is 6.01. The molecule has 0 aliphatic rings. The standard InChI is InChI=1S/C14H15ClN2/c1-10-5-7-12(8-6-10)11(2)17-13-4-3-9-16-14(13)15/h3-9,11,17H,1-2H3. The second-order valence-corrected chi connectivity index (χ2v) is 4.48. The summed E-state index contributed by atoms with van der Waals surface area (Å²) in [5.74, 6) is 0. The van der Waals surface area contributed by atoms with Gasteiger partial charge in [0.05, 0.1) is 5.69 Å². The first kappa shape index (κ1) is 11.9. The van der Waals surface area contributed by atoms with Crippen LogP contribution in [0.2, 0.25) is 5.15 Å². The number of nitrogens with one attached hydrogen (secondary N) is 1. The zero-order chi connectivity index (χ0) is 12.3. The van der Waals surface area contributed by atoms with Crippen LogP contribution in [0.15, 0.2) is 42.6 Å². The Morgan fingerprint density at radius 1 is 1.18 bits per heavy atom. The molecule has 0 aliphatic carbocycles. The Morgan fingerprint density at radius 2 is 1.88 bits per heavy atom. The molecule has 2 rings (SSSR count). The van der Waals surface area contributed by atoms with Crippen LogP contribution in [0.5, 0.6) is 0 Å². The van der Waals surface area contributed by atoms with Crippen LogP contribution in [0, 0.1) is 6.92 Å². The Balaban J connectivity index is 2.14. The van der Waals surface area contributed by atoms with Gasteiger partial charge in [0.1, 0.15) is 0 Å². The van der Waals surface area contributed by atoms with Crippen molar-refractivity contribution in [2.24, 2.45) is 0 Å². The van der Waals surface area contributed by atoms with Gasteiger partial charge in [0.2, 0.25) is 0 Å². The van der Waals surface area contributed by atoms with Crippen molar-refractivity contribution in [2.75, 3.05) is 5.32 Å². The first-order chi connectivity index (χ1) is 8.16. The molecule has 1 heterocycles. The van der Waals surface area contributed by atoms with Crippen LogP contribution in [-0.2, 0) is 0 Å². The van der Waals surface area contributed by atoms with E-state index in [1.807, 2.05) is 12.1 Å². The molecule has 17 heavy (non-hydrogen) atoms. The van der Waals surface area contributed by atoms with Gasteiger partial charge in [0.15, 0.2) is 5.15 Å². The summed E-state index contributed by atoms with van der Waals surface area (Å²) in [4.78, 5) is 4.04. The fourth-order valence-corrected chi connectivity index (χ4v) is 1.84. The molecule has 0 radical (unpaired) electrons. The minimum absolute atomic E-state index is 0.206. The van der Waals surface area contributed by atoms with Crippen LogP contribution in [0.4, 0.5) is 5.69 Å². The van der Waals surface area contributed by atoms with E-state index in [9.17, 15) is 0 Å². The van der Waals surface area contributed by atoms with E-state index in [-0.39, 0.29) is 6.04 Å². The SMILES string of the molecule is Cc1ccc(C(C)Nc2cccnc2Cl)cc1. The van der Waals surface area contributed by atoms with E-state index in [1.54, 1.807) is 6.20 Å². The molecule has 1 aromatic heterocycles. The Morgan fingerprint density at radius 3 is 2.53 bits per heavy atom. The van der Waals surface area contributed by atoms with Gasteiger partial charge in [-0.25, -0.2) is 4.98 Å². The predicted octanol–water partition coefficient (Wildman–Crippen LogP) is 4.22. The summed E-state index contributed by atoms with van der Waals surface area (Å²) in [5, 5.41) is 3.86. The summed E-state index contributed by atoms with van der Waals surface area (Å²) < 4.78 is 0. The van der Waals surface area contributed by atoms with Crippen molar-refractivity contribution in [3.8, 4) is 0 Å². The number of rotatable bonds is 3. The quantitative estimate of drug-likeness (QED) is 0.821. The molecule has 0 aliphatic heterocycles. The molecule has 2 aromatic rings. The number of aryl methyl sites for hydroxylation is 1. The van der Waals surface area contributed by atoms with Gasteiger partial charge in [0, 0.05) is 12.2 Å². The van der Waals surface area contributed by atoms with E-state index < -0.39 is 0 Å². The first-order valence-electron chi connectivity index (χ1n) is 5.60. The highest BCUT2D eigenvalue weighted by molar-refractivity contribution is 6.31. The lowest BCUT2D eigenvalue weighted by Crippen LogP contribution is -2.07. The third kappa shape index (κ3) is 2.98. The lowest BCUT2D eigenvalue weighted by atomic mass is 10.1. The summed E-state index contributed by atoms with van der Waals surface area (Å²) in [6.45, 7) is 4.19. The summed E-state index contributed by atoms with van der Waals surface area (Å²) >= 11 is 6.01. The molecule has 1 atom stereocenters. The van der Waals surface area contributed by atoms with E-state index in [0.29, 0.717) is 5.15 Å². The van der Waals surface area contributed by atoms with Crippen molar-refractivity contribution in [2.45, 2.75) is 19.9 Å². The van der Waals surface area contributed by atoms with Gasteiger partial charge in [0.25, 0.3) is 0 Å². The molecular formula is C14H15ClN2. The molecule has 3 heteroatoms. The van der Waals surface area contributed by atoms with Gasteiger partial charge in [-0.2, -0.15) is 0 Å². The van der Waals surface area contributed by atoms with Crippen LogP contribution in [-0.4, -0.2) is 4.98 Å². The number of nitrogens with zero attached hydrogens (tertiary/aromatic N) is 1. The van der Waals surface area contributed by atoms with Gasteiger partial charge in [-0.3, -0.25) is 0 Å². The molecule has 0 spiro atoms. The molecular weight excluding hydrogens is 232 g/mol. The summed E-state index contributed by atoms with van der Waals surface area (Å²) in [7, 11) is 0. The summed E-state index contributed by atoms with van der Waals surface area (Å²) in [5.41, 5.74) is 3.36. The maximum Gasteiger partial charge on any atom is 0.152 e. The van der Waals surface area contributed by atoms with Crippen LogP contribution in [0.1, 0.15) is 24.1 Å². The molecule has 1 N–H and O–H groups in total. The van der Waals surface area contributed by atoms with Crippen LogP contribution >= 0.6 is 11.6 Å². The summed E-state index contributed by atoms with van der Waals surface area (Å²) in [6.07, 6.45) is 1.68. The number of halogens is 1. The molecule has 1 aromatic carbocycles. The fraction of sp³-hybridized carbons (Fsp3) is 0.214. The Labute approximate surface area is 107 Å². The lowest BCUT2D eigenvalue weighted by Gasteiger charge is -2.16. The molecule has 0 bridgehead atoms. The van der Waals surface area contributed by atoms with Crippen molar-refractivity contribution in [1.29, 1.82) is 0 Å². The number of hydrogen-bond donors (Lipinski definition) is 1. The van der Waals surface area contributed by atoms with Gasteiger partial charge < -0.3 is 5.32 Å². The average Bonchev–Trinajstić information content (AvgIpc) is 2.33. The summed E-state index contributed by atoms with van der Waals surface area (Å²) in [6, 6.07) is 12.5. The molecule has 0 saturated carbocycles. The first-order valence-corrected chi connectivity index (χ1v) is 5.98. The van der Waals surface area contributed by atoms with E-state index in [2.05, 4.69) is 48.4 Å². The molecule has 0 saturated heterocycles. The van der Waals surface area contributed by atoms with Crippen molar-refractivity contribution < 1.29 is 0 Å². The van der Waals surface area contributed by atoms with E-state index in [1.165, 1.54) is 11.1 Å². The van der Waals surface area contributed by atoms with Gasteiger partial charge in [-0.15, -0.1) is 0 Å². The molecule has 2 nitrogen and oxygen atoms in total. The highest BCUT2D eigenvalue weighted by atomic mass is 35.5. The van der Waals surface area contributed by atoms with Gasteiger partial charge >= 0.3 is 0 Å². The largest absolute Gasteiger partial charge is 0.376 e. The number of hydrogen-bond acceptors (Lipinski definition) is 2. The second-order valence-electron chi connectivity index (χ2n) is 4.12. The zero-order valence-electron chi connectivity index (χ0n) is 9.94. The minimum Gasteiger partial charge on any atom is -0.376 e. The number of pyridine rings is 1. The monoisotopic (exact) mass is 246 g/mol. The van der Waals surface area contributed by atoms with Crippen molar-refractivity contribution in [3.63, 3.8) is 0 Å². The van der Waals surface area contributed by atoms with Crippen LogP contribution < -0.4 is 5.32 Å². The zero-order valence-corrected chi connectivity index (χ0v) is 10.7. The third-order valence-corrected chi connectivity index (χ3v) is 3.01. The number of benzene rings is 1. The molecule has 0 amide bonds. The van der Waals surface area contributed by atoms with E-state index in [0.717, 1.165) is 5.69 Å². The predicted molar refractivity (Wildman–Crippen MR) is 72.5 cm³/mol. The Kier molecular flexibility index (Phi) is 3.64. The van der Waals surface area contributed by atoms with Crippen LogP contribution in [0.25, 0.3) is 0 Å². The highest BCUT2D eigenvalue weighted by Gasteiger charge is 2.07. The van der Waals surface area contributed by atoms with Crippen molar-refractivity contribution in [1.82, 2.24) is 4.98 Å². The highest BCUT2D eigenvalue weighted by Crippen LogP contribution is 2.24. The van der Waals surface area contributed by atoms with Crippen molar-refractivity contribution >= 4 is 17.3 Å². The third-order valence-electron chi connectivity index (χ3n) is 2.71. The molecule has 0 fully saturated rings. The number of anilines is 1. The van der Waals surface area contributed by atoms with Gasteiger partial charge in [-0.05, 0) is 31.5 Å². The van der Waals surface area contributed by atoms with Gasteiger partial charge in [-0.1, -0.05) is 41.4 Å². The minimum atomic E-state index is 0.206. The average molecular weight is 247 g/mol. The van der Waals surface area contributed by atoms with Crippen molar-refractivity contribution in [3.05, 3.63) is 58.9 Å². The molecule has 1 unspecified atom stereocenters. The maximum atomic E-state index is 6.01. The van der Waals surface area contributed by atoms with E-state index >= 15 is 0 Å². The normalized spacial score (nSPS) is 12.2. The fourth-order valence-electron chi connectivity index (χ4n) is 1.67. The second kappa shape index (κ2) is 5.19.